The molecule has 1 aromatic heterocycles. The molecule has 2 aromatic carbocycles. The third-order valence-electron chi connectivity index (χ3n) is 3.55. The van der Waals surface area contributed by atoms with E-state index in [4.69, 9.17) is 4.74 Å². The van der Waals surface area contributed by atoms with Crippen molar-refractivity contribution in [2.45, 2.75) is 20.0 Å². The number of alkyl halides is 3. The Hall–Kier alpha value is -3.09. The first-order valence-electron chi connectivity index (χ1n) is 8.20. The van der Waals surface area contributed by atoms with Gasteiger partial charge >= 0.3 is 12.1 Å². The Morgan fingerprint density at radius 1 is 1.00 bits per heavy atom. The SMILES string of the molecule is CC.COC(=O)c1ccc2c(Oc3ccc(C(F)(F)F)cc3)nccc2c1. The van der Waals surface area contributed by atoms with Crippen LogP contribution in [0, 0.1) is 0 Å². The van der Waals surface area contributed by atoms with Gasteiger partial charge in [0.1, 0.15) is 5.75 Å². The fourth-order valence-electron chi connectivity index (χ4n) is 2.30. The molecule has 0 amide bonds. The number of aromatic nitrogens is 1. The molecular formula is C20H18F3NO3. The maximum Gasteiger partial charge on any atom is 0.416 e. The Labute approximate surface area is 154 Å². The summed E-state index contributed by atoms with van der Waals surface area (Å²) in [6.45, 7) is 4.00. The van der Waals surface area contributed by atoms with Gasteiger partial charge in [-0.15, -0.1) is 0 Å². The molecule has 0 spiro atoms. The van der Waals surface area contributed by atoms with Crippen LogP contribution in [0.1, 0.15) is 29.8 Å². The van der Waals surface area contributed by atoms with Gasteiger partial charge in [-0.1, -0.05) is 13.8 Å². The van der Waals surface area contributed by atoms with Crippen molar-refractivity contribution < 1.29 is 27.4 Å². The lowest BCUT2D eigenvalue weighted by Gasteiger charge is -2.10. The van der Waals surface area contributed by atoms with Crippen molar-refractivity contribution in [3.63, 3.8) is 0 Å². The van der Waals surface area contributed by atoms with Crippen LogP contribution < -0.4 is 4.74 Å². The van der Waals surface area contributed by atoms with Gasteiger partial charge < -0.3 is 9.47 Å². The second-order valence-electron chi connectivity index (χ2n) is 5.17. The zero-order valence-electron chi connectivity index (χ0n) is 15.0. The zero-order valence-corrected chi connectivity index (χ0v) is 15.0. The highest BCUT2D eigenvalue weighted by Crippen LogP contribution is 2.32. The number of esters is 1. The predicted molar refractivity (Wildman–Crippen MR) is 95.9 cm³/mol. The number of carbonyl (C=O) groups is 1. The third-order valence-corrected chi connectivity index (χ3v) is 3.55. The van der Waals surface area contributed by atoms with Crippen molar-refractivity contribution >= 4 is 16.7 Å². The monoisotopic (exact) mass is 377 g/mol. The average Bonchev–Trinajstić information content (AvgIpc) is 2.68. The van der Waals surface area contributed by atoms with E-state index in [0.717, 1.165) is 12.1 Å². The number of pyridine rings is 1. The molecule has 0 aliphatic carbocycles. The molecule has 0 aliphatic heterocycles. The van der Waals surface area contributed by atoms with Gasteiger partial charge in [0, 0.05) is 11.6 Å². The molecule has 27 heavy (non-hydrogen) atoms. The summed E-state index contributed by atoms with van der Waals surface area (Å²) in [7, 11) is 1.29. The number of hydrogen-bond acceptors (Lipinski definition) is 4. The van der Waals surface area contributed by atoms with Gasteiger partial charge in [-0.25, -0.2) is 9.78 Å². The van der Waals surface area contributed by atoms with E-state index in [1.54, 1.807) is 24.3 Å². The van der Waals surface area contributed by atoms with Gasteiger partial charge in [0.2, 0.25) is 5.88 Å². The van der Waals surface area contributed by atoms with Crippen LogP contribution in [0.15, 0.2) is 54.7 Å². The molecule has 0 atom stereocenters. The Bertz CT molecular complexity index is 922. The van der Waals surface area contributed by atoms with Crippen LogP contribution in [0.4, 0.5) is 13.2 Å². The lowest BCUT2D eigenvalue weighted by molar-refractivity contribution is -0.137. The van der Waals surface area contributed by atoms with Gasteiger partial charge in [0.15, 0.2) is 0 Å². The molecule has 142 valence electrons. The van der Waals surface area contributed by atoms with Crippen molar-refractivity contribution in [2.24, 2.45) is 0 Å². The van der Waals surface area contributed by atoms with Crippen LogP contribution >= 0.6 is 0 Å². The second kappa shape index (κ2) is 8.53. The number of rotatable bonds is 3. The first-order valence-corrected chi connectivity index (χ1v) is 8.20. The Morgan fingerprint density at radius 3 is 2.26 bits per heavy atom. The number of fused-ring (bicyclic) bond motifs is 1. The topological polar surface area (TPSA) is 48.4 Å². The highest BCUT2D eigenvalue weighted by Gasteiger charge is 2.30. The van der Waals surface area contributed by atoms with E-state index in [-0.39, 0.29) is 11.6 Å². The Morgan fingerprint density at radius 2 is 1.67 bits per heavy atom. The molecule has 1 heterocycles. The van der Waals surface area contributed by atoms with E-state index in [2.05, 4.69) is 9.72 Å². The summed E-state index contributed by atoms with van der Waals surface area (Å²) < 4.78 is 48.1. The smallest absolute Gasteiger partial charge is 0.416 e. The summed E-state index contributed by atoms with van der Waals surface area (Å²) in [4.78, 5) is 15.7. The molecule has 4 nitrogen and oxygen atoms in total. The third kappa shape index (κ3) is 4.75. The lowest BCUT2D eigenvalue weighted by atomic mass is 10.1. The van der Waals surface area contributed by atoms with Crippen molar-refractivity contribution in [3.8, 4) is 11.6 Å². The van der Waals surface area contributed by atoms with E-state index < -0.39 is 17.7 Å². The minimum atomic E-state index is -4.40. The number of carbonyl (C=O) groups excluding carboxylic acids is 1. The predicted octanol–water partition coefficient (Wildman–Crippen LogP) is 5.86. The van der Waals surface area contributed by atoms with Crippen LogP contribution in [-0.4, -0.2) is 18.1 Å². The number of hydrogen-bond donors (Lipinski definition) is 0. The molecule has 3 aromatic rings. The first-order chi connectivity index (χ1) is 12.9. The summed E-state index contributed by atoms with van der Waals surface area (Å²) in [5.74, 6) is -0.0114. The van der Waals surface area contributed by atoms with Crippen LogP contribution in [0.5, 0.6) is 11.6 Å². The molecule has 0 N–H and O–H groups in total. The molecular weight excluding hydrogens is 359 g/mol. The molecule has 0 fully saturated rings. The minimum absolute atomic E-state index is 0.227. The summed E-state index contributed by atoms with van der Waals surface area (Å²) in [6.07, 6.45) is -2.91. The molecule has 0 unspecified atom stereocenters. The quantitative estimate of drug-likeness (QED) is 0.537. The van der Waals surface area contributed by atoms with E-state index in [0.29, 0.717) is 16.3 Å². The van der Waals surface area contributed by atoms with Crippen LogP contribution in [0.3, 0.4) is 0 Å². The number of methoxy groups -OCH3 is 1. The zero-order chi connectivity index (χ0) is 20.0. The largest absolute Gasteiger partial charge is 0.465 e. The standard InChI is InChI=1S/C18H12F3NO3.C2H6/c1-24-17(23)12-2-7-15-11(10-12)8-9-22-16(15)25-14-5-3-13(4-6-14)18(19,20)21;1-2/h2-10H,1H3;1-2H3. The van der Waals surface area contributed by atoms with Crippen molar-refractivity contribution in [3.05, 3.63) is 65.9 Å². The number of ether oxygens (including phenoxy) is 2. The molecule has 3 rings (SSSR count). The fourth-order valence-corrected chi connectivity index (χ4v) is 2.30. The van der Waals surface area contributed by atoms with Gasteiger partial charge in [0.25, 0.3) is 0 Å². The maximum atomic E-state index is 12.6. The van der Waals surface area contributed by atoms with E-state index in [9.17, 15) is 18.0 Å². The summed E-state index contributed by atoms with van der Waals surface area (Å²) in [5, 5.41) is 1.31. The lowest BCUT2D eigenvalue weighted by Crippen LogP contribution is -2.04. The first kappa shape index (κ1) is 20.2. The molecule has 0 radical (unpaired) electrons. The summed E-state index contributed by atoms with van der Waals surface area (Å²) in [5.41, 5.74) is -0.380. The molecule has 7 heteroatoms. The van der Waals surface area contributed by atoms with Gasteiger partial charge in [-0.05, 0) is 53.9 Å². The van der Waals surface area contributed by atoms with Crippen molar-refractivity contribution in [2.75, 3.05) is 7.11 Å². The van der Waals surface area contributed by atoms with Gasteiger partial charge in [0.05, 0.1) is 18.2 Å². The number of nitrogens with zero attached hydrogens (tertiary/aromatic N) is 1. The van der Waals surface area contributed by atoms with Crippen LogP contribution in [-0.2, 0) is 10.9 Å². The maximum absolute atomic E-state index is 12.6. The van der Waals surface area contributed by atoms with E-state index in [1.165, 1.54) is 25.4 Å². The molecule has 0 saturated carbocycles. The average molecular weight is 377 g/mol. The highest BCUT2D eigenvalue weighted by molar-refractivity contribution is 5.96. The summed E-state index contributed by atoms with van der Waals surface area (Å²) in [6, 6.07) is 10.9. The normalized spacial score (nSPS) is 10.7. The highest BCUT2D eigenvalue weighted by atomic mass is 19.4. The van der Waals surface area contributed by atoms with Crippen molar-refractivity contribution in [1.29, 1.82) is 0 Å². The van der Waals surface area contributed by atoms with Gasteiger partial charge in [-0.3, -0.25) is 0 Å². The van der Waals surface area contributed by atoms with Crippen molar-refractivity contribution in [1.82, 2.24) is 4.98 Å². The Kier molecular flexibility index (Phi) is 6.39. The molecule has 0 aliphatic rings. The Balaban J connectivity index is 0.00000126. The molecule has 0 saturated heterocycles. The van der Waals surface area contributed by atoms with E-state index in [1.807, 2.05) is 13.8 Å². The number of benzene rings is 2. The molecule has 0 bridgehead atoms. The summed E-state index contributed by atoms with van der Waals surface area (Å²) >= 11 is 0. The van der Waals surface area contributed by atoms with Gasteiger partial charge in [-0.2, -0.15) is 13.2 Å². The second-order valence-corrected chi connectivity index (χ2v) is 5.17. The van der Waals surface area contributed by atoms with Crippen LogP contribution in [0.25, 0.3) is 10.8 Å². The van der Waals surface area contributed by atoms with E-state index >= 15 is 0 Å². The fraction of sp³-hybridized carbons (Fsp3) is 0.200. The minimum Gasteiger partial charge on any atom is -0.465 e. The number of halogens is 3. The van der Waals surface area contributed by atoms with Crippen LogP contribution in [0.2, 0.25) is 0 Å².